The van der Waals surface area contributed by atoms with Crippen LogP contribution in [-0.4, -0.2) is 9.97 Å². The van der Waals surface area contributed by atoms with Crippen LogP contribution < -0.4 is 11.1 Å². The molecule has 4 nitrogen and oxygen atoms in total. The number of halogens is 1. The second kappa shape index (κ2) is 4.78. The predicted molar refractivity (Wildman–Crippen MR) is 67.2 cm³/mol. The Bertz CT molecular complexity index is 483. The van der Waals surface area contributed by atoms with E-state index in [2.05, 4.69) is 15.3 Å². The molecular formula is C10H11ClN4S. The maximum atomic E-state index is 5.78. The summed E-state index contributed by atoms with van der Waals surface area (Å²) < 4.78 is 0. The SMILES string of the molecule is CC(N)c1csc(Nc2cccc(Cl)n2)n1. The van der Waals surface area contributed by atoms with Crippen molar-refractivity contribution in [2.45, 2.75) is 13.0 Å². The third-order valence-electron chi connectivity index (χ3n) is 1.94. The zero-order valence-corrected chi connectivity index (χ0v) is 10.2. The first-order chi connectivity index (χ1) is 7.65. The summed E-state index contributed by atoms with van der Waals surface area (Å²) in [4.78, 5) is 8.45. The van der Waals surface area contributed by atoms with Gasteiger partial charge in [0, 0.05) is 11.4 Å². The van der Waals surface area contributed by atoms with E-state index < -0.39 is 0 Å². The largest absolute Gasteiger partial charge is 0.323 e. The summed E-state index contributed by atoms with van der Waals surface area (Å²) in [6, 6.07) is 5.33. The van der Waals surface area contributed by atoms with Crippen LogP contribution in [0, 0.1) is 0 Å². The van der Waals surface area contributed by atoms with Gasteiger partial charge in [-0.25, -0.2) is 9.97 Å². The number of rotatable bonds is 3. The second-order valence-electron chi connectivity index (χ2n) is 3.34. The second-order valence-corrected chi connectivity index (χ2v) is 4.58. The van der Waals surface area contributed by atoms with Crippen LogP contribution in [0.15, 0.2) is 23.6 Å². The van der Waals surface area contributed by atoms with Crippen molar-refractivity contribution in [3.8, 4) is 0 Å². The van der Waals surface area contributed by atoms with Gasteiger partial charge in [0.2, 0.25) is 0 Å². The molecule has 84 valence electrons. The molecule has 3 N–H and O–H groups in total. The lowest BCUT2D eigenvalue weighted by molar-refractivity contribution is 0.790. The Morgan fingerprint density at radius 1 is 1.44 bits per heavy atom. The molecular weight excluding hydrogens is 244 g/mol. The average molecular weight is 255 g/mol. The van der Waals surface area contributed by atoms with E-state index in [1.165, 1.54) is 11.3 Å². The summed E-state index contributed by atoms with van der Waals surface area (Å²) >= 11 is 7.27. The van der Waals surface area contributed by atoms with Crippen LogP contribution in [-0.2, 0) is 0 Å². The van der Waals surface area contributed by atoms with Crippen molar-refractivity contribution in [1.29, 1.82) is 0 Å². The Kier molecular flexibility index (Phi) is 3.38. The predicted octanol–water partition coefficient (Wildman–Crippen LogP) is 2.95. The van der Waals surface area contributed by atoms with Gasteiger partial charge in [-0.3, -0.25) is 0 Å². The first-order valence-electron chi connectivity index (χ1n) is 4.76. The summed E-state index contributed by atoms with van der Waals surface area (Å²) in [6.45, 7) is 1.90. The van der Waals surface area contributed by atoms with Gasteiger partial charge in [-0.15, -0.1) is 11.3 Å². The van der Waals surface area contributed by atoms with Crippen molar-refractivity contribution in [3.05, 3.63) is 34.4 Å². The van der Waals surface area contributed by atoms with Gasteiger partial charge in [0.15, 0.2) is 5.13 Å². The minimum Gasteiger partial charge on any atom is -0.323 e. The molecule has 1 atom stereocenters. The molecule has 16 heavy (non-hydrogen) atoms. The number of pyridine rings is 1. The van der Waals surface area contributed by atoms with Crippen LogP contribution in [0.5, 0.6) is 0 Å². The summed E-state index contributed by atoms with van der Waals surface area (Å²) in [6.07, 6.45) is 0. The molecule has 0 aliphatic rings. The van der Waals surface area contributed by atoms with Gasteiger partial charge in [0.1, 0.15) is 11.0 Å². The van der Waals surface area contributed by atoms with Gasteiger partial charge >= 0.3 is 0 Å². The molecule has 0 amide bonds. The van der Waals surface area contributed by atoms with Crippen LogP contribution >= 0.6 is 22.9 Å². The molecule has 0 saturated heterocycles. The standard InChI is InChI=1S/C10H11ClN4S/c1-6(12)7-5-16-10(13-7)15-9-4-2-3-8(11)14-9/h2-6H,12H2,1H3,(H,13,14,15). The summed E-state index contributed by atoms with van der Waals surface area (Å²) in [5, 5.41) is 6.22. The third kappa shape index (κ3) is 2.69. The van der Waals surface area contributed by atoms with Gasteiger partial charge in [-0.2, -0.15) is 0 Å². The molecule has 0 saturated carbocycles. The van der Waals surface area contributed by atoms with Crippen LogP contribution in [0.2, 0.25) is 5.15 Å². The van der Waals surface area contributed by atoms with Crippen molar-refractivity contribution in [1.82, 2.24) is 9.97 Å². The molecule has 0 aliphatic heterocycles. The highest BCUT2D eigenvalue weighted by Gasteiger charge is 2.06. The fourth-order valence-electron chi connectivity index (χ4n) is 1.14. The van der Waals surface area contributed by atoms with Gasteiger partial charge in [0.25, 0.3) is 0 Å². The smallest absolute Gasteiger partial charge is 0.188 e. The lowest BCUT2D eigenvalue weighted by atomic mass is 10.3. The zero-order chi connectivity index (χ0) is 11.5. The highest BCUT2D eigenvalue weighted by molar-refractivity contribution is 7.13. The highest BCUT2D eigenvalue weighted by atomic mass is 35.5. The van der Waals surface area contributed by atoms with E-state index >= 15 is 0 Å². The monoisotopic (exact) mass is 254 g/mol. The topological polar surface area (TPSA) is 63.8 Å². The maximum absolute atomic E-state index is 5.78. The van der Waals surface area contributed by atoms with E-state index in [0.717, 1.165) is 10.8 Å². The molecule has 6 heteroatoms. The molecule has 0 aliphatic carbocycles. The van der Waals surface area contributed by atoms with Crippen molar-refractivity contribution < 1.29 is 0 Å². The van der Waals surface area contributed by atoms with Gasteiger partial charge in [-0.1, -0.05) is 17.7 Å². The summed E-state index contributed by atoms with van der Waals surface area (Å²) in [7, 11) is 0. The Hall–Kier alpha value is -1.17. The van der Waals surface area contributed by atoms with E-state index in [1.54, 1.807) is 6.07 Å². The Morgan fingerprint density at radius 2 is 2.25 bits per heavy atom. The van der Waals surface area contributed by atoms with Gasteiger partial charge in [0.05, 0.1) is 5.69 Å². The average Bonchev–Trinajstić information content (AvgIpc) is 2.66. The molecule has 2 heterocycles. The van der Waals surface area contributed by atoms with Crippen LogP contribution in [0.25, 0.3) is 0 Å². The minimum absolute atomic E-state index is 0.0564. The molecule has 0 bridgehead atoms. The molecule has 0 radical (unpaired) electrons. The van der Waals surface area contributed by atoms with Crippen LogP contribution in [0.4, 0.5) is 10.9 Å². The van der Waals surface area contributed by atoms with E-state index in [-0.39, 0.29) is 6.04 Å². The van der Waals surface area contributed by atoms with E-state index in [0.29, 0.717) is 11.0 Å². The quantitative estimate of drug-likeness (QED) is 0.827. The lowest BCUT2D eigenvalue weighted by Crippen LogP contribution is -2.05. The number of aromatic nitrogens is 2. The van der Waals surface area contributed by atoms with Crippen molar-refractivity contribution >= 4 is 33.9 Å². The number of nitrogens with zero attached hydrogens (tertiary/aromatic N) is 2. The molecule has 0 spiro atoms. The molecule has 1 unspecified atom stereocenters. The number of hydrogen-bond acceptors (Lipinski definition) is 5. The number of nitrogens with one attached hydrogen (secondary N) is 1. The molecule has 0 aromatic carbocycles. The van der Waals surface area contributed by atoms with E-state index in [1.807, 2.05) is 24.4 Å². The number of anilines is 2. The van der Waals surface area contributed by atoms with Crippen LogP contribution in [0.1, 0.15) is 18.7 Å². The summed E-state index contributed by atoms with van der Waals surface area (Å²) in [5.74, 6) is 0.679. The number of hydrogen-bond donors (Lipinski definition) is 2. The molecule has 2 rings (SSSR count). The normalized spacial score (nSPS) is 12.4. The van der Waals surface area contributed by atoms with Crippen molar-refractivity contribution in [2.24, 2.45) is 5.73 Å². The Morgan fingerprint density at radius 3 is 2.88 bits per heavy atom. The molecule has 0 fully saturated rings. The number of nitrogens with two attached hydrogens (primary N) is 1. The van der Waals surface area contributed by atoms with Crippen molar-refractivity contribution in [3.63, 3.8) is 0 Å². The first-order valence-corrected chi connectivity index (χ1v) is 6.01. The molecule has 2 aromatic heterocycles. The maximum Gasteiger partial charge on any atom is 0.188 e. The van der Waals surface area contributed by atoms with E-state index in [9.17, 15) is 0 Å². The van der Waals surface area contributed by atoms with E-state index in [4.69, 9.17) is 17.3 Å². The Labute approximate surface area is 102 Å². The highest BCUT2D eigenvalue weighted by Crippen LogP contribution is 2.22. The zero-order valence-electron chi connectivity index (χ0n) is 8.64. The fourth-order valence-corrected chi connectivity index (χ4v) is 2.13. The van der Waals surface area contributed by atoms with Gasteiger partial charge < -0.3 is 11.1 Å². The van der Waals surface area contributed by atoms with Crippen molar-refractivity contribution in [2.75, 3.05) is 5.32 Å². The fraction of sp³-hybridized carbons (Fsp3) is 0.200. The Balaban J connectivity index is 2.14. The molecule has 2 aromatic rings. The first kappa shape index (κ1) is 11.3. The summed E-state index contributed by atoms with van der Waals surface area (Å²) in [5.41, 5.74) is 6.59. The van der Waals surface area contributed by atoms with Crippen LogP contribution in [0.3, 0.4) is 0 Å². The lowest BCUT2D eigenvalue weighted by Gasteiger charge is -2.01. The minimum atomic E-state index is -0.0564. The number of thiazole rings is 1. The third-order valence-corrected chi connectivity index (χ3v) is 2.93. The van der Waals surface area contributed by atoms with Gasteiger partial charge in [-0.05, 0) is 19.1 Å².